The third-order valence-electron chi connectivity index (χ3n) is 4.81. The fourth-order valence-corrected chi connectivity index (χ4v) is 3.45. The first kappa shape index (κ1) is 19.6. The van der Waals surface area contributed by atoms with Crippen molar-refractivity contribution in [2.24, 2.45) is 0 Å². The maximum atomic E-state index is 14.9. The van der Waals surface area contributed by atoms with Crippen molar-refractivity contribution in [3.63, 3.8) is 0 Å². The average Bonchev–Trinajstić information content (AvgIpc) is 2.73. The normalized spacial score (nSPS) is 10.8. The Labute approximate surface area is 173 Å². The Balaban J connectivity index is 1.94. The van der Waals surface area contributed by atoms with E-state index in [1.54, 1.807) is 36.4 Å². The van der Waals surface area contributed by atoms with Gasteiger partial charge >= 0.3 is 0 Å². The van der Waals surface area contributed by atoms with Gasteiger partial charge in [0.05, 0.1) is 22.5 Å². The van der Waals surface area contributed by atoms with E-state index in [-0.39, 0.29) is 11.1 Å². The molecule has 0 spiro atoms. The summed E-state index contributed by atoms with van der Waals surface area (Å²) in [7, 11) is 0. The number of benzene rings is 2. The zero-order valence-electron chi connectivity index (χ0n) is 16.5. The van der Waals surface area contributed by atoms with Gasteiger partial charge in [-0.3, -0.25) is 14.8 Å². The van der Waals surface area contributed by atoms with E-state index < -0.39 is 17.4 Å². The van der Waals surface area contributed by atoms with Crippen molar-refractivity contribution in [2.45, 2.75) is 13.8 Å². The Morgan fingerprint density at radius 1 is 0.633 bits per heavy atom. The fraction of sp³-hybridized carbons (Fsp3) is 0.0800. The fourth-order valence-electron chi connectivity index (χ4n) is 3.45. The molecule has 0 aliphatic heterocycles. The number of aromatic nitrogens is 2. The number of hydrogen-bond donors (Lipinski definition) is 0. The third-order valence-corrected chi connectivity index (χ3v) is 4.81. The zero-order valence-corrected chi connectivity index (χ0v) is 16.5. The van der Waals surface area contributed by atoms with Crippen molar-refractivity contribution < 1.29 is 13.6 Å². The van der Waals surface area contributed by atoms with E-state index >= 15 is 0 Å². The molecule has 0 amide bonds. The van der Waals surface area contributed by atoms with Crippen LogP contribution in [0.1, 0.15) is 27.3 Å². The number of hydrogen-bond acceptors (Lipinski definition) is 3. The van der Waals surface area contributed by atoms with Gasteiger partial charge in [-0.2, -0.15) is 0 Å². The van der Waals surface area contributed by atoms with Crippen LogP contribution < -0.4 is 0 Å². The van der Waals surface area contributed by atoms with Gasteiger partial charge < -0.3 is 0 Å². The molecule has 2 heterocycles. The van der Waals surface area contributed by atoms with Crippen molar-refractivity contribution in [1.29, 1.82) is 0 Å². The lowest BCUT2D eigenvalue weighted by Gasteiger charge is -2.14. The molecule has 0 atom stereocenters. The highest BCUT2D eigenvalue weighted by molar-refractivity contribution is 6.16. The van der Waals surface area contributed by atoms with Gasteiger partial charge in [0, 0.05) is 22.5 Å². The summed E-state index contributed by atoms with van der Waals surface area (Å²) >= 11 is 0. The second-order valence-electron chi connectivity index (χ2n) is 6.98. The minimum atomic E-state index is -0.747. The molecule has 0 N–H and O–H groups in total. The van der Waals surface area contributed by atoms with Crippen molar-refractivity contribution in [1.82, 2.24) is 9.97 Å². The number of carbonyl (C=O) groups is 1. The van der Waals surface area contributed by atoms with Crippen molar-refractivity contribution in [3.8, 4) is 22.5 Å². The van der Waals surface area contributed by atoms with Gasteiger partial charge in [0.15, 0.2) is 5.78 Å². The van der Waals surface area contributed by atoms with Gasteiger partial charge in [-0.15, -0.1) is 0 Å². The molecule has 148 valence electrons. The lowest BCUT2D eigenvalue weighted by molar-refractivity contribution is 0.103. The molecule has 2 aromatic carbocycles. The molecule has 0 unspecified atom stereocenters. The maximum Gasteiger partial charge on any atom is 0.200 e. The van der Waals surface area contributed by atoms with Crippen LogP contribution in [0.5, 0.6) is 0 Å². The van der Waals surface area contributed by atoms with E-state index in [0.29, 0.717) is 22.5 Å². The molecule has 0 aliphatic carbocycles. The number of pyridine rings is 2. The second-order valence-corrected chi connectivity index (χ2v) is 6.98. The summed E-state index contributed by atoms with van der Waals surface area (Å²) in [4.78, 5) is 22.3. The number of nitrogens with zero attached hydrogens (tertiary/aromatic N) is 2. The molecule has 0 saturated heterocycles. The average molecular weight is 400 g/mol. The number of aryl methyl sites for hydroxylation is 2. The highest BCUT2D eigenvalue weighted by Crippen LogP contribution is 2.32. The van der Waals surface area contributed by atoms with Crippen LogP contribution >= 0.6 is 0 Å². The lowest BCUT2D eigenvalue weighted by Crippen LogP contribution is -2.11. The Bertz CT molecular complexity index is 1170. The predicted octanol–water partition coefficient (Wildman–Crippen LogP) is 5.94. The zero-order chi connectivity index (χ0) is 21.3. The Hall–Kier alpha value is -3.73. The lowest BCUT2D eigenvalue weighted by atomic mass is 9.91. The second kappa shape index (κ2) is 7.95. The van der Waals surface area contributed by atoms with E-state index in [2.05, 4.69) is 9.97 Å². The molecule has 5 heteroatoms. The first-order valence-electron chi connectivity index (χ1n) is 9.45. The Morgan fingerprint density at radius 2 is 1.03 bits per heavy atom. The smallest absolute Gasteiger partial charge is 0.200 e. The highest BCUT2D eigenvalue weighted by Gasteiger charge is 2.26. The van der Waals surface area contributed by atoms with Gasteiger partial charge in [-0.25, -0.2) is 8.78 Å². The summed E-state index contributed by atoms with van der Waals surface area (Å²) in [5.74, 6) is -2.21. The summed E-state index contributed by atoms with van der Waals surface area (Å²) in [6.45, 7) is 3.62. The standard InChI is InChI=1S/C25H18F2N2O/c1-15-7-3-13-21(28-15)17-9-5-11-19(26)23(17)25(30)24-18(10-6-12-20(24)27)22-14-4-8-16(2)29-22/h3-14H,1-2H3. The molecule has 0 saturated carbocycles. The van der Waals surface area contributed by atoms with E-state index in [1.165, 1.54) is 24.3 Å². The van der Waals surface area contributed by atoms with Crippen LogP contribution in [0.4, 0.5) is 8.78 Å². The number of ketones is 1. The molecule has 4 aromatic rings. The molecule has 30 heavy (non-hydrogen) atoms. The number of carbonyl (C=O) groups excluding carboxylic acids is 1. The van der Waals surface area contributed by atoms with Crippen LogP contribution in [0.15, 0.2) is 72.8 Å². The summed E-state index contributed by atoms with van der Waals surface area (Å²) in [5, 5.41) is 0. The molecule has 2 aromatic heterocycles. The van der Waals surface area contributed by atoms with Crippen molar-refractivity contribution >= 4 is 5.78 Å². The quantitative estimate of drug-likeness (QED) is 0.398. The Kier molecular flexibility index (Phi) is 5.19. The summed E-state index contributed by atoms with van der Waals surface area (Å²) in [6, 6.07) is 19.2. The highest BCUT2D eigenvalue weighted by atomic mass is 19.1. The molecular formula is C25H18F2N2O. The van der Waals surface area contributed by atoms with E-state index in [9.17, 15) is 13.6 Å². The van der Waals surface area contributed by atoms with Gasteiger partial charge in [-0.05, 0) is 50.2 Å². The molecule has 0 fully saturated rings. The third kappa shape index (κ3) is 3.62. The monoisotopic (exact) mass is 400 g/mol. The maximum absolute atomic E-state index is 14.9. The van der Waals surface area contributed by atoms with E-state index in [4.69, 9.17) is 0 Å². The topological polar surface area (TPSA) is 42.9 Å². The van der Waals surface area contributed by atoms with Crippen LogP contribution in [0.25, 0.3) is 22.5 Å². The first-order chi connectivity index (χ1) is 14.5. The molecule has 0 aliphatic rings. The van der Waals surface area contributed by atoms with Crippen molar-refractivity contribution in [2.75, 3.05) is 0 Å². The van der Waals surface area contributed by atoms with Gasteiger partial charge in [0.2, 0.25) is 0 Å². The molecule has 0 bridgehead atoms. The number of rotatable bonds is 4. The van der Waals surface area contributed by atoms with Gasteiger partial charge in [0.1, 0.15) is 11.6 Å². The van der Waals surface area contributed by atoms with Crippen LogP contribution in [0.3, 0.4) is 0 Å². The molecule has 4 rings (SSSR count). The summed E-state index contributed by atoms with van der Waals surface area (Å²) < 4.78 is 29.8. The van der Waals surface area contributed by atoms with E-state index in [1.807, 2.05) is 26.0 Å². The summed E-state index contributed by atoms with van der Waals surface area (Å²) in [6.07, 6.45) is 0. The molecule has 0 radical (unpaired) electrons. The van der Waals surface area contributed by atoms with E-state index in [0.717, 1.165) is 11.4 Å². The van der Waals surface area contributed by atoms with Crippen molar-refractivity contribution in [3.05, 3.63) is 107 Å². The SMILES string of the molecule is Cc1cccc(-c2cccc(F)c2C(=O)c2c(F)cccc2-c2cccc(C)n2)n1. The Morgan fingerprint density at radius 3 is 1.43 bits per heavy atom. The van der Waals surface area contributed by atoms with Gasteiger partial charge in [-0.1, -0.05) is 36.4 Å². The van der Waals surface area contributed by atoms with Crippen LogP contribution in [-0.4, -0.2) is 15.8 Å². The molecular weight excluding hydrogens is 382 g/mol. The van der Waals surface area contributed by atoms with Crippen LogP contribution in [0, 0.1) is 25.5 Å². The van der Waals surface area contributed by atoms with Crippen LogP contribution in [0.2, 0.25) is 0 Å². The molecule has 3 nitrogen and oxygen atoms in total. The predicted molar refractivity (Wildman–Crippen MR) is 112 cm³/mol. The largest absolute Gasteiger partial charge is 0.288 e. The minimum Gasteiger partial charge on any atom is -0.288 e. The van der Waals surface area contributed by atoms with Crippen LogP contribution in [-0.2, 0) is 0 Å². The summed E-state index contributed by atoms with van der Waals surface area (Å²) in [5.41, 5.74) is 2.56. The van der Waals surface area contributed by atoms with Gasteiger partial charge in [0.25, 0.3) is 0 Å². The number of halogens is 2. The minimum absolute atomic E-state index is 0.213. The first-order valence-corrected chi connectivity index (χ1v) is 9.45.